The Morgan fingerprint density at radius 1 is 1.00 bits per heavy atom. The summed E-state index contributed by atoms with van der Waals surface area (Å²) in [7, 11) is 0. The first-order chi connectivity index (χ1) is 9.24. The van der Waals surface area contributed by atoms with E-state index in [1.54, 1.807) is 6.07 Å². The molecular formula is C15H10O3S. The summed E-state index contributed by atoms with van der Waals surface area (Å²) in [6.45, 7) is 0. The van der Waals surface area contributed by atoms with Gasteiger partial charge in [-0.3, -0.25) is 0 Å². The molecule has 0 saturated carbocycles. The van der Waals surface area contributed by atoms with Gasteiger partial charge in [-0.05, 0) is 29.0 Å². The lowest BCUT2D eigenvalue weighted by molar-refractivity contribution is 0.399. The molecule has 3 rings (SSSR count). The quantitative estimate of drug-likeness (QED) is 0.772. The number of hydrogen-bond acceptors (Lipinski definition) is 4. The molecule has 0 radical (unpaired) electrons. The van der Waals surface area contributed by atoms with E-state index in [1.807, 2.05) is 42.5 Å². The molecule has 2 aromatic carbocycles. The average Bonchev–Trinajstić information content (AvgIpc) is 2.44. The molecule has 0 fully saturated rings. The highest BCUT2D eigenvalue weighted by Gasteiger charge is 2.08. The minimum Gasteiger partial charge on any atom is -0.501 e. The van der Waals surface area contributed by atoms with Gasteiger partial charge in [0.2, 0.25) is 5.75 Å². The maximum atomic E-state index is 11.2. The van der Waals surface area contributed by atoms with Crippen molar-refractivity contribution in [1.82, 2.24) is 0 Å². The summed E-state index contributed by atoms with van der Waals surface area (Å²) in [6, 6.07) is 15.6. The van der Waals surface area contributed by atoms with Crippen LogP contribution in [0.2, 0.25) is 0 Å². The average molecular weight is 270 g/mol. The highest BCUT2D eigenvalue weighted by Crippen LogP contribution is 2.33. The fraction of sp³-hybridized carbons (Fsp3) is 0. The van der Waals surface area contributed by atoms with Gasteiger partial charge < -0.3 is 9.52 Å². The molecule has 19 heavy (non-hydrogen) atoms. The van der Waals surface area contributed by atoms with E-state index < -0.39 is 5.63 Å². The third-order valence-corrected chi connectivity index (χ3v) is 3.81. The van der Waals surface area contributed by atoms with Gasteiger partial charge in [0.25, 0.3) is 0 Å². The topological polar surface area (TPSA) is 50.4 Å². The van der Waals surface area contributed by atoms with Gasteiger partial charge in [0.15, 0.2) is 0 Å². The van der Waals surface area contributed by atoms with Gasteiger partial charge in [-0.1, -0.05) is 42.1 Å². The van der Waals surface area contributed by atoms with E-state index >= 15 is 0 Å². The number of rotatable bonds is 2. The zero-order chi connectivity index (χ0) is 13.2. The van der Waals surface area contributed by atoms with Crippen LogP contribution in [0.15, 0.2) is 73.8 Å². The lowest BCUT2D eigenvalue weighted by atomic mass is 10.1. The summed E-state index contributed by atoms with van der Waals surface area (Å²) in [6.07, 6.45) is 1.28. The number of benzene rings is 2. The minimum atomic E-state index is -0.717. The van der Waals surface area contributed by atoms with Gasteiger partial charge in [0.1, 0.15) is 0 Å². The number of hydrogen-bond donors (Lipinski definition) is 1. The van der Waals surface area contributed by atoms with Crippen LogP contribution >= 0.6 is 11.8 Å². The van der Waals surface area contributed by atoms with E-state index in [9.17, 15) is 9.90 Å². The number of fused-ring (bicyclic) bond motifs is 1. The summed E-state index contributed by atoms with van der Waals surface area (Å²) < 4.78 is 4.59. The van der Waals surface area contributed by atoms with Crippen LogP contribution in [-0.2, 0) is 0 Å². The van der Waals surface area contributed by atoms with E-state index in [1.165, 1.54) is 18.0 Å². The van der Waals surface area contributed by atoms with Gasteiger partial charge in [0.05, 0.1) is 11.2 Å². The Labute approximate surface area is 113 Å². The van der Waals surface area contributed by atoms with Crippen LogP contribution in [0.1, 0.15) is 0 Å². The van der Waals surface area contributed by atoms with Gasteiger partial charge in [-0.15, -0.1) is 0 Å². The molecule has 94 valence electrons. The molecule has 4 heteroatoms. The van der Waals surface area contributed by atoms with Crippen LogP contribution in [0.5, 0.6) is 5.75 Å². The standard InChI is InChI=1S/C15H10O3S/c16-14-13(7-8-18-15(14)17)19-12-6-5-10-3-1-2-4-11(10)9-12/h1-9,16H. The second kappa shape index (κ2) is 4.82. The fourth-order valence-corrected chi connectivity index (χ4v) is 2.71. The highest BCUT2D eigenvalue weighted by atomic mass is 32.2. The third-order valence-electron chi connectivity index (χ3n) is 2.77. The van der Waals surface area contributed by atoms with Crippen LogP contribution in [-0.4, -0.2) is 5.11 Å². The molecule has 1 aromatic heterocycles. The van der Waals surface area contributed by atoms with Crippen molar-refractivity contribution in [2.45, 2.75) is 9.79 Å². The molecule has 3 nitrogen and oxygen atoms in total. The molecule has 0 atom stereocenters. The Hall–Kier alpha value is -2.20. The van der Waals surface area contributed by atoms with Crippen molar-refractivity contribution >= 4 is 22.5 Å². The van der Waals surface area contributed by atoms with Crippen molar-refractivity contribution in [3.63, 3.8) is 0 Å². The second-order valence-electron chi connectivity index (χ2n) is 4.03. The predicted molar refractivity (Wildman–Crippen MR) is 74.7 cm³/mol. The van der Waals surface area contributed by atoms with E-state index in [-0.39, 0.29) is 5.75 Å². The summed E-state index contributed by atoms with van der Waals surface area (Å²) >= 11 is 1.33. The Kier molecular flexibility index (Phi) is 3.01. The maximum absolute atomic E-state index is 11.2. The Morgan fingerprint density at radius 3 is 2.63 bits per heavy atom. The van der Waals surface area contributed by atoms with Crippen molar-refractivity contribution in [3.8, 4) is 5.75 Å². The second-order valence-corrected chi connectivity index (χ2v) is 5.15. The normalized spacial score (nSPS) is 10.7. The van der Waals surface area contributed by atoms with Crippen LogP contribution < -0.4 is 5.63 Å². The van der Waals surface area contributed by atoms with Crippen molar-refractivity contribution in [2.75, 3.05) is 0 Å². The molecule has 0 bridgehead atoms. The minimum absolute atomic E-state index is 0.347. The van der Waals surface area contributed by atoms with Crippen molar-refractivity contribution in [2.24, 2.45) is 0 Å². The zero-order valence-electron chi connectivity index (χ0n) is 9.87. The highest BCUT2D eigenvalue weighted by molar-refractivity contribution is 7.99. The molecule has 1 heterocycles. The zero-order valence-corrected chi connectivity index (χ0v) is 10.7. The van der Waals surface area contributed by atoms with Crippen LogP contribution in [0.25, 0.3) is 10.8 Å². The van der Waals surface area contributed by atoms with E-state index in [0.717, 1.165) is 15.7 Å². The first-order valence-electron chi connectivity index (χ1n) is 5.71. The van der Waals surface area contributed by atoms with Gasteiger partial charge in [-0.2, -0.15) is 0 Å². The summed E-state index contributed by atoms with van der Waals surface area (Å²) in [4.78, 5) is 12.7. The first-order valence-corrected chi connectivity index (χ1v) is 6.53. The van der Waals surface area contributed by atoms with Crippen LogP contribution in [0.3, 0.4) is 0 Å². The molecule has 0 aliphatic rings. The van der Waals surface area contributed by atoms with Crippen molar-refractivity contribution in [1.29, 1.82) is 0 Å². The van der Waals surface area contributed by atoms with E-state index in [2.05, 4.69) is 4.42 Å². The Balaban J connectivity index is 2.01. The molecule has 0 aliphatic heterocycles. The van der Waals surface area contributed by atoms with Crippen molar-refractivity contribution in [3.05, 3.63) is 65.2 Å². The van der Waals surface area contributed by atoms with Gasteiger partial charge in [-0.25, -0.2) is 4.79 Å². The molecule has 0 aliphatic carbocycles. The molecular weight excluding hydrogens is 260 g/mol. The lowest BCUT2D eigenvalue weighted by Crippen LogP contribution is -1.97. The third kappa shape index (κ3) is 2.35. The SMILES string of the molecule is O=c1occc(Sc2ccc3ccccc3c2)c1O. The van der Waals surface area contributed by atoms with Crippen LogP contribution in [0, 0.1) is 0 Å². The van der Waals surface area contributed by atoms with Gasteiger partial charge in [0, 0.05) is 4.90 Å². The summed E-state index contributed by atoms with van der Waals surface area (Å²) in [5, 5.41) is 11.9. The molecule has 0 spiro atoms. The predicted octanol–water partition coefficient (Wildman–Crippen LogP) is 3.65. The molecule has 0 saturated heterocycles. The smallest absolute Gasteiger partial charge is 0.379 e. The maximum Gasteiger partial charge on any atom is 0.379 e. The lowest BCUT2D eigenvalue weighted by Gasteiger charge is -2.04. The van der Waals surface area contributed by atoms with Crippen LogP contribution in [0.4, 0.5) is 0 Å². The molecule has 1 N–H and O–H groups in total. The van der Waals surface area contributed by atoms with Gasteiger partial charge >= 0.3 is 5.63 Å². The largest absolute Gasteiger partial charge is 0.501 e. The summed E-state index contributed by atoms with van der Waals surface area (Å²) in [5.74, 6) is -0.347. The van der Waals surface area contributed by atoms with Crippen molar-refractivity contribution < 1.29 is 9.52 Å². The number of aromatic hydroxyl groups is 1. The van der Waals surface area contributed by atoms with E-state index in [0.29, 0.717) is 4.90 Å². The fourth-order valence-electron chi connectivity index (χ4n) is 1.83. The Bertz CT molecular complexity index is 792. The summed E-state index contributed by atoms with van der Waals surface area (Å²) in [5.41, 5.74) is -0.717. The van der Waals surface area contributed by atoms with E-state index in [4.69, 9.17) is 0 Å². The Morgan fingerprint density at radius 2 is 1.79 bits per heavy atom. The molecule has 3 aromatic rings. The monoisotopic (exact) mass is 270 g/mol. The molecule has 0 amide bonds. The first kappa shape index (κ1) is 11.9. The molecule has 0 unspecified atom stereocenters.